The summed E-state index contributed by atoms with van der Waals surface area (Å²) in [5.41, 5.74) is 1.00. The van der Waals surface area contributed by atoms with Crippen molar-refractivity contribution in [2.24, 2.45) is 0 Å². The summed E-state index contributed by atoms with van der Waals surface area (Å²) in [6.45, 7) is 1.24. The molecule has 1 aromatic carbocycles. The molecular weight excluding hydrogens is 356 g/mol. The fourth-order valence-electron chi connectivity index (χ4n) is 2.71. The molecule has 0 atom stereocenters. The zero-order valence-electron chi connectivity index (χ0n) is 14.7. The highest BCUT2D eigenvalue weighted by Crippen LogP contribution is 2.20. The number of hydrogen-bond donors (Lipinski definition) is 1. The van der Waals surface area contributed by atoms with Crippen LogP contribution < -0.4 is 15.5 Å². The molecule has 8 heteroatoms. The van der Waals surface area contributed by atoms with Crippen LogP contribution in [-0.2, 0) is 6.54 Å². The van der Waals surface area contributed by atoms with E-state index in [9.17, 15) is 18.4 Å². The summed E-state index contributed by atoms with van der Waals surface area (Å²) in [4.78, 5) is 29.7. The molecular formula is C19H17F2N3O3. The van der Waals surface area contributed by atoms with Crippen molar-refractivity contribution in [3.8, 4) is 5.75 Å². The van der Waals surface area contributed by atoms with Crippen molar-refractivity contribution < 1.29 is 18.3 Å². The van der Waals surface area contributed by atoms with E-state index in [4.69, 9.17) is 0 Å². The molecule has 0 saturated carbocycles. The van der Waals surface area contributed by atoms with E-state index in [0.29, 0.717) is 17.6 Å². The molecule has 0 fully saturated rings. The maximum absolute atomic E-state index is 12.7. The van der Waals surface area contributed by atoms with Crippen LogP contribution in [0.25, 0.3) is 11.0 Å². The van der Waals surface area contributed by atoms with Crippen LogP contribution in [0.2, 0.25) is 0 Å². The number of anilines is 1. The molecule has 2 aromatic heterocycles. The number of hydrogen-bond acceptors (Lipinski definition) is 4. The maximum atomic E-state index is 12.7. The van der Waals surface area contributed by atoms with E-state index in [0.717, 1.165) is 5.69 Å². The van der Waals surface area contributed by atoms with Gasteiger partial charge in [-0.2, -0.15) is 8.78 Å². The molecule has 140 valence electrons. The normalized spacial score (nSPS) is 11.0. The van der Waals surface area contributed by atoms with Gasteiger partial charge in [-0.1, -0.05) is 6.07 Å². The number of aromatic nitrogens is 2. The fourth-order valence-corrected chi connectivity index (χ4v) is 2.71. The minimum Gasteiger partial charge on any atom is -0.435 e. The van der Waals surface area contributed by atoms with Crippen LogP contribution in [0.1, 0.15) is 23.0 Å². The highest BCUT2D eigenvalue weighted by atomic mass is 19.3. The smallest absolute Gasteiger partial charge is 0.387 e. The number of rotatable bonds is 5. The van der Waals surface area contributed by atoms with E-state index in [1.54, 1.807) is 16.7 Å². The lowest BCUT2D eigenvalue weighted by Gasteiger charge is -2.12. The Labute approximate surface area is 153 Å². The van der Waals surface area contributed by atoms with E-state index >= 15 is 0 Å². The molecule has 0 aliphatic rings. The number of halogens is 2. The molecule has 27 heavy (non-hydrogen) atoms. The second-order valence-corrected chi connectivity index (χ2v) is 5.84. The number of amides is 1. The number of alkyl halides is 2. The summed E-state index contributed by atoms with van der Waals surface area (Å²) in [5.74, 6) is -0.731. The van der Waals surface area contributed by atoms with Gasteiger partial charge in [-0.15, -0.1) is 0 Å². The third kappa shape index (κ3) is 3.94. The van der Waals surface area contributed by atoms with Gasteiger partial charge in [0.2, 0.25) is 5.43 Å². The Hall–Kier alpha value is -3.29. The molecule has 1 amide bonds. The molecule has 0 aliphatic carbocycles. The SMILES string of the molecule is CCn1cc(C(=O)Nc2cccc(OC(F)F)c2)c(=O)c2ccc(C)nc21. The van der Waals surface area contributed by atoms with Crippen LogP contribution >= 0.6 is 0 Å². The Bertz CT molecular complexity index is 1060. The molecule has 0 unspecified atom stereocenters. The van der Waals surface area contributed by atoms with Crippen LogP contribution in [0.5, 0.6) is 5.75 Å². The van der Waals surface area contributed by atoms with Crippen molar-refractivity contribution >= 4 is 22.6 Å². The first kappa shape index (κ1) is 18.5. The summed E-state index contributed by atoms with van der Waals surface area (Å²) in [5, 5.41) is 2.88. The lowest BCUT2D eigenvalue weighted by Crippen LogP contribution is -2.24. The maximum Gasteiger partial charge on any atom is 0.387 e. The van der Waals surface area contributed by atoms with E-state index < -0.39 is 17.9 Å². The summed E-state index contributed by atoms with van der Waals surface area (Å²) < 4.78 is 30.7. The van der Waals surface area contributed by atoms with Gasteiger partial charge >= 0.3 is 6.61 Å². The molecule has 2 heterocycles. The Morgan fingerprint density at radius 1 is 1.30 bits per heavy atom. The monoisotopic (exact) mass is 373 g/mol. The quantitative estimate of drug-likeness (QED) is 0.742. The standard InChI is InChI=1S/C19H17F2N3O3/c1-3-24-10-15(16(25)14-8-7-11(2)22-17(14)24)18(26)23-12-5-4-6-13(9-12)27-19(20)21/h4-10,19H,3H2,1-2H3,(H,23,26). The molecule has 0 aliphatic heterocycles. The van der Waals surface area contributed by atoms with Gasteiger partial charge in [0, 0.05) is 30.2 Å². The third-order valence-corrected chi connectivity index (χ3v) is 3.96. The van der Waals surface area contributed by atoms with E-state index in [1.807, 2.05) is 13.8 Å². The second kappa shape index (κ2) is 7.53. The van der Waals surface area contributed by atoms with Gasteiger partial charge in [0.15, 0.2) is 0 Å². The lowest BCUT2D eigenvalue weighted by molar-refractivity contribution is -0.0497. The van der Waals surface area contributed by atoms with Crippen LogP contribution in [-0.4, -0.2) is 22.1 Å². The van der Waals surface area contributed by atoms with Gasteiger partial charge in [-0.3, -0.25) is 9.59 Å². The highest BCUT2D eigenvalue weighted by molar-refractivity contribution is 6.05. The van der Waals surface area contributed by atoms with Crippen molar-refractivity contribution in [1.29, 1.82) is 0 Å². The number of ether oxygens (including phenoxy) is 1. The van der Waals surface area contributed by atoms with Crippen molar-refractivity contribution in [2.75, 3.05) is 5.32 Å². The van der Waals surface area contributed by atoms with Gasteiger partial charge in [0.05, 0.1) is 5.39 Å². The van der Waals surface area contributed by atoms with Crippen molar-refractivity contribution in [2.45, 2.75) is 27.0 Å². The van der Waals surface area contributed by atoms with E-state index in [1.165, 1.54) is 30.5 Å². The minimum absolute atomic E-state index is 0.0600. The number of carbonyl (C=O) groups excluding carboxylic acids is 1. The molecule has 3 rings (SSSR count). The van der Waals surface area contributed by atoms with Crippen LogP contribution in [0.4, 0.5) is 14.5 Å². The first-order valence-corrected chi connectivity index (χ1v) is 8.26. The predicted molar refractivity (Wildman–Crippen MR) is 97.4 cm³/mol. The predicted octanol–water partition coefficient (Wildman–Crippen LogP) is 3.58. The Morgan fingerprint density at radius 2 is 2.07 bits per heavy atom. The van der Waals surface area contributed by atoms with Crippen LogP contribution in [0.15, 0.2) is 47.4 Å². The first-order valence-electron chi connectivity index (χ1n) is 8.26. The van der Waals surface area contributed by atoms with Gasteiger partial charge in [-0.25, -0.2) is 4.98 Å². The molecule has 0 radical (unpaired) electrons. The summed E-state index contributed by atoms with van der Waals surface area (Å²) >= 11 is 0. The van der Waals surface area contributed by atoms with Gasteiger partial charge in [0.25, 0.3) is 5.91 Å². The molecule has 0 spiro atoms. The van der Waals surface area contributed by atoms with Crippen molar-refractivity contribution in [1.82, 2.24) is 9.55 Å². The average Bonchev–Trinajstić information content (AvgIpc) is 2.61. The molecule has 0 bridgehead atoms. The van der Waals surface area contributed by atoms with Gasteiger partial charge in [0.1, 0.15) is 17.0 Å². The Morgan fingerprint density at radius 3 is 2.78 bits per heavy atom. The number of fused-ring (bicyclic) bond motifs is 1. The summed E-state index contributed by atoms with van der Waals surface area (Å²) in [6, 6.07) is 8.92. The second-order valence-electron chi connectivity index (χ2n) is 5.84. The average molecular weight is 373 g/mol. The first-order chi connectivity index (χ1) is 12.9. The van der Waals surface area contributed by atoms with Gasteiger partial charge < -0.3 is 14.6 Å². The number of aryl methyl sites for hydroxylation is 2. The third-order valence-electron chi connectivity index (χ3n) is 3.96. The summed E-state index contributed by atoms with van der Waals surface area (Å²) in [6.07, 6.45) is 1.45. The largest absolute Gasteiger partial charge is 0.435 e. The molecule has 1 N–H and O–H groups in total. The fraction of sp³-hybridized carbons (Fsp3) is 0.211. The van der Waals surface area contributed by atoms with Crippen molar-refractivity contribution in [3.63, 3.8) is 0 Å². The van der Waals surface area contributed by atoms with Gasteiger partial charge in [-0.05, 0) is 38.1 Å². The Kier molecular flexibility index (Phi) is 5.16. The van der Waals surface area contributed by atoms with Crippen LogP contribution in [0, 0.1) is 6.92 Å². The Balaban J connectivity index is 1.98. The van der Waals surface area contributed by atoms with E-state index in [-0.39, 0.29) is 17.0 Å². The topological polar surface area (TPSA) is 73.2 Å². The molecule has 0 saturated heterocycles. The minimum atomic E-state index is -2.97. The number of nitrogens with zero attached hydrogens (tertiary/aromatic N) is 2. The van der Waals surface area contributed by atoms with Crippen molar-refractivity contribution in [3.05, 3.63) is 64.1 Å². The molecule has 3 aromatic rings. The molecule has 6 nitrogen and oxygen atoms in total. The lowest BCUT2D eigenvalue weighted by atomic mass is 10.1. The van der Waals surface area contributed by atoms with E-state index in [2.05, 4.69) is 15.0 Å². The number of pyridine rings is 2. The summed E-state index contributed by atoms with van der Waals surface area (Å²) in [7, 11) is 0. The number of benzene rings is 1. The van der Waals surface area contributed by atoms with Crippen LogP contribution in [0.3, 0.4) is 0 Å². The zero-order valence-corrected chi connectivity index (χ0v) is 14.7. The number of carbonyl (C=O) groups is 1. The zero-order chi connectivity index (χ0) is 19.6. The highest BCUT2D eigenvalue weighted by Gasteiger charge is 2.16. The number of nitrogens with one attached hydrogen (secondary N) is 1.